The molecule has 0 spiro atoms. The molecule has 9 heteroatoms. The average Bonchev–Trinajstić information content (AvgIpc) is 3.10. The van der Waals surface area contributed by atoms with Gasteiger partial charge in [0.15, 0.2) is 6.61 Å². The molecule has 2 amide bonds. The van der Waals surface area contributed by atoms with Gasteiger partial charge >= 0.3 is 0 Å². The highest BCUT2D eigenvalue weighted by molar-refractivity contribution is 6.42. The first-order valence-electron chi connectivity index (χ1n) is 8.04. The second kappa shape index (κ2) is 7.55. The van der Waals surface area contributed by atoms with Gasteiger partial charge in [-0.25, -0.2) is 0 Å². The Balaban J connectivity index is 1.55. The van der Waals surface area contributed by atoms with Crippen molar-refractivity contribution in [1.29, 1.82) is 0 Å². The van der Waals surface area contributed by atoms with Gasteiger partial charge in [-0.05, 0) is 25.5 Å². The number of ether oxygens (including phenoxy) is 1. The first-order chi connectivity index (χ1) is 12.3. The molecule has 0 bridgehead atoms. The number of aryl methyl sites for hydroxylation is 2. The van der Waals surface area contributed by atoms with E-state index >= 15 is 0 Å². The molecule has 0 saturated carbocycles. The number of benzene rings is 1. The predicted octanol–water partition coefficient (Wildman–Crippen LogP) is 2.34. The Morgan fingerprint density at radius 2 is 2.12 bits per heavy atom. The van der Waals surface area contributed by atoms with E-state index in [1.807, 2.05) is 13.0 Å². The van der Waals surface area contributed by atoms with Crippen molar-refractivity contribution in [2.24, 2.45) is 7.05 Å². The fourth-order valence-electron chi connectivity index (χ4n) is 2.84. The number of hydrogen-bond donors (Lipinski definition) is 1. The highest BCUT2D eigenvalue weighted by Gasteiger charge is 2.35. The van der Waals surface area contributed by atoms with E-state index in [2.05, 4.69) is 10.4 Å². The topological polar surface area (TPSA) is 76.5 Å². The molecule has 7 nitrogen and oxygen atoms in total. The fourth-order valence-corrected chi connectivity index (χ4v) is 3.13. The molecule has 1 atom stereocenters. The summed E-state index contributed by atoms with van der Waals surface area (Å²) in [6.07, 6.45) is 0.529. The third-order valence-electron chi connectivity index (χ3n) is 4.06. The first-order valence-corrected chi connectivity index (χ1v) is 8.80. The summed E-state index contributed by atoms with van der Waals surface area (Å²) in [5.41, 5.74) is 0.831. The maximum absolute atomic E-state index is 12.6. The van der Waals surface area contributed by atoms with Gasteiger partial charge in [-0.3, -0.25) is 19.2 Å². The smallest absolute Gasteiger partial charge is 0.258 e. The second-order valence-electron chi connectivity index (χ2n) is 6.03. The molecule has 26 heavy (non-hydrogen) atoms. The largest absolute Gasteiger partial charge is 0.484 e. The molecular weight excluding hydrogens is 379 g/mol. The maximum Gasteiger partial charge on any atom is 0.258 e. The lowest BCUT2D eigenvalue weighted by molar-refractivity contribution is -0.127. The lowest BCUT2D eigenvalue weighted by atomic mass is 10.2. The lowest BCUT2D eigenvalue weighted by Crippen LogP contribution is -2.43. The molecule has 1 aliphatic heterocycles. The van der Waals surface area contributed by atoms with Gasteiger partial charge in [0.2, 0.25) is 0 Å². The molecule has 1 saturated heterocycles. The van der Waals surface area contributed by atoms with Crippen LogP contribution in [0.15, 0.2) is 24.3 Å². The molecule has 1 unspecified atom stereocenters. The maximum atomic E-state index is 12.6. The minimum absolute atomic E-state index is 0.157. The number of nitrogens with zero attached hydrogens (tertiary/aromatic N) is 3. The van der Waals surface area contributed by atoms with Crippen LogP contribution in [0.1, 0.15) is 12.1 Å². The van der Waals surface area contributed by atoms with Gasteiger partial charge in [-0.1, -0.05) is 23.2 Å². The van der Waals surface area contributed by atoms with Crippen molar-refractivity contribution < 1.29 is 14.3 Å². The van der Waals surface area contributed by atoms with Gasteiger partial charge in [0.25, 0.3) is 11.8 Å². The zero-order chi connectivity index (χ0) is 18.8. The highest BCUT2D eigenvalue weighted by Crippen LogP contribution is 2.26. The number of carbonyl (C=O) groups excluding carboxylic acids is 2. The van der Waals surface area contributed by atoms with Gasteiger partial charge < -0.3 is 10.1 Å². The zero-order valence-electron chi connectivity index (χ0n) is 14.3. The van der Waals surface area contributed by atoms with Gasteiger partial charge in [-0.2, -0.15) is 5.10 Å². The third kappa shape index (κ3) is 3.94. The van der Waals surface area contributed by atoms with Crippen LogP contribution in [-0.4, -0.2) is 40.8 Å². The predicted molar refractivity (Wildman–Crippen MR) is 98.8 cm³/mol. The van der Waals surface area contributed by atoms with Gasteiger partial charge in [-0.15, -0.1) is 0 Å². The number of amides is 2. The van der Waals surface area contributed by atoms with E-state index in [-0.39, 0.29) is 18.4 Å². The summed E-state index contributed by atoms with van der Waals surface area (Å²) in [5, 5.41) is 7.71. The van der Waals surface area contributed by atoms with Gasteiger partial charge in [0, 0.05) is 25.7 Å². The number of nitrogens with one attached hydrogen (secondary N) is 1. The minimum atomic E-state index is -0.574. The molecule has 0 radical (unpaired) electrons. The molecule has 138 valence electrons. The number of aromatic nitrogens is 2. The van der Waals surface area contributed by atoms with Crippen molar-refractivity contribution in [2.45, 2.75) is 19.4 Å². The van der Waals surface area contributed by atoms with E-state index in [1.54, 1.807) is 28.8 Å². The molecule has 3 rings (SSSR count). The molecule has 1 fully saturated rings. The Morgan fingerprint density at radius 3 is 2.77 bits per heavy atom. The van der Waals surface area contributed by atoms with Crippen LogP contribution < -0.4 is 15.0 Å². The van der Waals surface area contributed by atoms with E-state index in [0.717, 1.165) is 11.5 Å². The molecular formula is C17H18Cl2N4O3. The third-order valence-corrected chi connectivity index (χ3v) is 4.79. The summed E-state index contributed by atoms with van der Waals surface area (Å²) in [7, 11) is 1.78. The quantitative estimate of drug-likeness (QED) is 0.841. The van der Waals surface area contributed by atoms with Gasteiger partial charge in [0.05, 0.1) is 15.7 Å². The molecule has 0 aliphatic carbocycles. The number of carbonyl (C=O) groups is 2. The SMILES string of the molecule is Cc1cc(N2CCC(NC(=O)COc3ccc(Cl)c(Cl)c3)C2=O)n(C)n1. The van der Waals surface area contributed by atoms with Crippen LogP contribution >= 0.6 is 23.2 Å². The van der Waals surface area contributed by atoms with E-state index < -0.39 is 6.04 Å². The Bertz CT molecular complexity index is 853. The number of anilines is 1. The highest BCUT2D eigenvalue weighted by atomic mass is 35.5. The second-order valence-corrected chi connectivity index (χ2v) is 6.85. The van der Waals surface area contributed by atoms with E-state index in [1.165, 1.54) is 6.07 Å². The monoisotopic (exact) mass is 396 g/mol. The zero-order valence-corrected chi connectivity index (χ0v) is 15.8. The van der Waals surface area contributed by atoms with Crippen LogP contribution in [0.4, 0.5) is 5.82 Å². The van der Waals surface area contributed by atoms with Crippen molar-refractivity contribution in [3.8, 4) is 5.75 Å². The minimum Gasteiger partial charge on any atom is -0.484 e. The van der Waals surface area contributed by atoms with Crippen molar-refractivity contribution in [1.82, 2.24) is 15.1 Å². The van der Waals surface area contributed by atoms with Crippen LogP contribution in [-0.2, 0) is 16.6 Å². The molecule has 1 aliphatic rings. The van der Waals surface area contributed by atoms with Crippen LogP contribution in [0.25, 0.3) is 0 Å². The van der Waals surface area contributed by atoms with Gasteiger partial charge in [0.1, 0.15) is 17.6 Å². The Hall–Kier alpha value is -2.25. The van der Waals surface area contributed by atoms with Crippen LogP contribution in [0.5, 0.6) is 5.75 Å². The van der Waals surface area contributed by atoms with Crippen molar-refractivity contribution in [2.75, 3.05) is 18.1 Å². The Labute approximate surface area is 160 Å². The summed E-state index contributed by atoms with van der Waals surface area (Å²) in [6.45, 7) is 2.17. The van der Waals surface area contributed by atoms with Crippen molar-refractivity contribution in [3.63, 3.8) is 0 Å². The summed E-state index contributed by atoms with van der Waals surface area (Å²) in [5.74, 6) is 0.615. The van der Waals surface area contributed by atoms with E-state index in [0.29, 0.717) is 28.8 Å². The Kier molecular flexibility index (Phi) is 5.38. The molecule has 2 aromatic rings. The lowest BCUT2D eigenvalue weighted by Gasteiger charge is -2.17. The summed E-state index contributed by atoms with van der Waals surface area (Å²) in [6, 6.07) is 6.01. The van der Waals surface area contributed by atoms with Crippen LogP contribution in [0, 0.1) is 6.92 Å². The number of hydrogen-bond acceptors (Lipinski definition) is 4. The molecule has 1 N–H and O–H groups in total. The molecule has 1 aromatic heterocycles. The average molecular weight is 397 g/mol. The first kappa shape index (κ1) is 18.5. The summed E-state index contributed by atoms with van der Waals surface area (Å²) < 4.78 is 7.05. The van der Waals surface area contributed by atoms with Crippen molar-refractivity contribution >= 4 is 40.8 Å². The standard InChI is InChI=1S/C17H18Cl2N4O3/c1-10-7-16(22(2)21-10)23-6-5-14(17(23)25)20-15(24)9-26-11-3-4-12(18)13(19)8-11/h3-4,7-8,14H,5-6,9H2,1-2H3,(H,20,24). The molecule has 2 heterocycles. The summed E-state index contributed by atoms with van der Waals surface area (Å²) >= 11 is 11.7. The van der Waals surface area contributed by atoms with Crippen LogP contribution in [0.2, 0.25) is 10.0 Å². The van der Waals surface area contributed by atoms with Crippen LogP contribution in [0.3, 0.4) is 0 Å². The van der Waals surface area contributed by atoms with Crippen molar-refractivity contribution in [3.05, 3.63) is 40.0 Å². The van der Waals surface area contributed by atoms with E-state index in [4.69, 9.17) is 27.9 Å². The van der Waals surface area contributed by atoms with E-state index in [9.17, 15) is 9.59 Å². The number of halogens is 2. The summed E-state index contributed by atoms with van der Waals surface area (Å²) in [4.78, 5) is 26.3. The molecule has 1 aromatic carbocycles. The fraction of sp³-hybridized carbons (Fsp3) is 0.353. The normalized spacial score (nSPS) is 16.8. The Morgan fingerprint density at radius 1 is 1.35 bits per heavy atom. The number of rotatable bonds is 5.